The largest absolute Gasteiger partial charge is 0.299 e. The molecule has 0 spiro atoms. The van der Waals surface area contributed by atoms with E-state index < -0.39 is 0 Å². The Balaban J connectivity index is 2.09. The molecule has 0 amide bonds. The molecule has 0 saturated heterocycles. The van der Waals surface area contributed by atoms with Crippen LogP contribution in [0.5, 0.6) is 0 Å². The number of carbonyl (C=O) groups excluding carboxylic acids is 2. The van der Waals surface area contributed by atoms with Crippen LogP contribution in [0.1, 0.15) is 93.5 Å². The lowest BCUT2D eigenvalue weighted by atomic mass is 9.99. The number of hydrogen-bond donors (Lipinski definition) is 0. The molecule has 0 atom stereocenters. The highest BCUT2D eigenvalue weighted by Crippen LogP contribution is 2.13. The van der Waals surface area contributed by atoms with Gasteiger partial charge in [-0.1, -0.05) is 82.6 Å². The topological polar surface area (TPSA) is 34.1 Å². The molecule has 23 heavy (non-hydrogen) atoms. The molecular weight excluding hydrogens is 284 g/mol. The van der Waals surface area contributed by atoms with Crippen molar-refractivity contribution in [3.8, 4) is 0 Å². The van der Waals surface area contributed by atoms with Gasteiger partial charge in [0.1, 0.15) is 5.78 Å². The van der Waals surface area contributed by atoms with Gasteiger partial charge in [0.25, 0.3) is 0 Å². The van der Waals surface area contributed by atoms with Gasteiger partial charge in [-0.2, -0.15) is 0 Å². The van der Waals surface area contributed by atoms with E-state index in [4.69, 9.17) is 0 Å². The molecule has 0 aromatic heterocycles. The third-order valence-electron chi connectivity index (χ3n) is 4.36. The Kier molecular flexibility index (Phi) is 10.3. The molecule has 2 nitrogen and oxygen atoms in total. The van der Waals surface area contributed by atoms with Gasteiger partial charge in [-0.15, -0.1) is 0 Å². The second-order valence-corrected chi connectivity index (χ2v) is 6.53. The molecule has 0 aliphatic rings. The van der Waals surface area contributed by atoms with Crippen molar-refractivity contribution < 1.29 is 9.59 Å². The fourth-order valence-corrected chi connectivity index (χ4v) is 2.88. The lowest BCUT2D eigenvalue weighted by Crippen LogP contribution is -2.09. The second-order valence-electron chi connectivity index (χ2n) is 6.53. The maximum absolute atomic E-state index is 12.1. The quantitative estimate of drug-likeness (QED) is 0.252. The standard InChI is InChI=1S/C21H32O2/c1-3-4-5-6-7-8-9-10-11-15-19(22)17-21(23)20-16-13-12-14-18(20)2/h12-14,16H,3-11,15,17H2,1-2H3. The molecule has 0 heterocycles. The second kappa shape index (κ2) is 12.0. The highest BCUT2D eigenvalue weighted by molar-refractivity contribution is 6.08. The van der Waals surface area contributed by atoms with Crippen LogP contribution in [-0.4, -0.2) is 11.6 Å². The monoisotopic (exact) mass is 316 g/mol. The number of ketones is 2. The molecule has 0 aliphatic carbocycles. The van der Waals surface area contributed by atoms with Gasteiger partial charge in [-0.25, -0.2) is 0 Å². The third-order valence-corrected chi connectivity index (χ3v) is 4.36. The first-order valence-corrected chi connectivity index (χ1v) is 9.25. The van der Waals surface area contributed by atoms with Gasteiger partial charge in [0.15, 0.2) is 5.78 Å². The Bertz CT molecular complexity index is 476. The summed E-state index contributed by atoms with van der Waals surface area (Å²) in [7, 11) is 0. The van der Waals surface area contributed by atoms with Crippen LogP contribution >= 0.6 is 0 Å². The van der Waals surface area contributed by atoms with Gasteiger partial charge >= 0.3 is 0 Å². The average Bonchev–Trinajstić information content (AvgIpc) is 2.53. The van der Waals surface area contributed by atoms with Crippen LogP contribution in [-0.2, 0) is 4.79 Å². The minimum Gasteiger partial charge on any atom is -0.299 e. The smallest absolute Gasteiger partial charge is 0.170 e. The van der Waals surface area contributed by atoms with Crippen molar-refractivity contribution in [2.45, 2.75) is 84.5 Å². The molecule has 0 unspecified atom stereocenters. The van der Waals surface area contributed by atoms with E-state index in [1.807, 2.05) is 31.2 Å². The molecule has 0 aliphatic heterocycles. The Morgan fingerprint density at radius 3 is 2.00 bits per heavy atom. The fraction of sp³-hybridized carbons (Fsp3) is 0.619. The average molecular weight is 316 g/mol. The summed E-state index contributed by atoms with van der Waals surface area (Å²) < 4.78 is 0. The van der Waals surface area contributed by atoms with Gasteiger partial charge in [-0.05, 0) is 18.9 Å². The van der Waals surface area contributed by atoms with Crippen LogP contribution in [0, 0.1) is 6.92 Å². The first-order chi connectivity index (χ1) is 11.1. The lowest BCUT2D eigenvalue weighted by molar-refractivity contribution is -0.118. The van der Waals surface area contributed by atoms with E-state index in [1.54, 1.807) is 0 Å². The van der Waals surface area contributed by atoms with Crippen molar-refractivity contribution in [1.82, 2.24) is 0 Å². The SMILES string of the molecule is CCCCCCCCCCCC(=O)CC(=O)c1ccccc1C. The van der Waals surface area contributed by atoms with Gasteiger partial charge in [0, 0.05) is 12.0 Å². The van der Waals surface area contributed by atoms with E-state index in [2.05, 4.69) is 6.92 Å². The molecule has 0 fully saturated rings. The van der Waals surface area contributed by atoms with Gasteiger partial charge < -0.3 is 0 Å². The number of hydrogen-bond acceptors (Lipinski definition) is 2. The summed E-state index contributed by atoms with van der Waals surface area (Å²) in [5.74, 6) is 0.0465. The summed E-state index contributed by atoms with van der Waals surface area (Å²) in [6, 6.07) is 7.49. The molecule has 1 aromatic rings. The molecule has 128 valence electrons. The minimum absolute atomic E-state index is 0.0379. The molecule has 0 bridgehead atoms. The van der Waals surface area contributed by atoms with Crippen molar-refractivity contribution in [2.75, 3.05) is 0 Å². The Labute approximate surface area is 141 Å². The van der Waals surface area contributed by atoms with Crippen molar-refractivity contribution in [3.63, 3.8) is 0 Å². The van der Waals surface area contributed by atoms with E-state index in [1.165, 1.54) is 44.9 Å². The normalized spacial score (nSPS) is 10.7. The fourth-order valence-electron chi connectivity index (χ4n) is 2.88. The lowest BCUT2D eigenvalue weighted by Gasteiger charge is -2.04. The molecule has 1 aromatic carbocycles. The van der Waals surface area contributed by atoms with E-state index in [9.17, 15) is 9.59 Å². The van der Waals surface area contributed by atoms with E-state index in [-0.39, 0.29) is 18.0 Å². The number of rotatable bonds is 13. The van der Waals surface area contributed by atoms with E-state index in [0.29, 0.717) is 12.0 Å². The Morgan fingerprint density at radius 1 is 0.826 bits per heavy atom. The number of benzene rings is 1. The Hall–Kier alpha value is -1.44. The van der Waals surface area contributed by atoms with Gasteiger partial charge in [0.05, 0.1) is 6.42 Å². The summed E-state index contributed by atoms with van der Waals surface area (Å²) in [6.07, 6.45) is 11.8. The zero-order valence-electron chi connectivity index (χ0n) is 14.9. The van der Waals surface area contributed by atoms with Crippen molar-refractivity contribution in [2.24, 2.45) is 0 Å². The maximum atomic E-state index is 12.1. The summed E-state index contributed by atoms with van der Waals surface area (Å²) in [6.45, 7) is 4.15. The zero-order valence-corrected chi connectivity index (χ0v) is 14.9. The first kappa shape index (κ1) is 19.6. The number of carbonyl (C=O) groups is 2. The van der Waals surface area contributed by atoms with Gasteiger partial charge in [0.2, 0.25) is 0 Å². The molecule has 2 heteroatoms. The molecular formula is C21H32O2. The highest BCUT2D eigenvalue weighted by atomic mass is 16.1. The molecule has 0 radical (unpaired) electrons. The van der Waals surface area contributed by atoms with Crippen LogP contribution in [0.2, 0.25) is 0 Å². The van der Waals surface area contributed by atoms with Gasteiger partial charge in [-0.3, -0.25) is 9.59 Å². The van der Waals surface area contributed by atoms with E-state index >= 15 is 0 Å². The van der Waals surface area contributed by atoms with E-state index in [0.717, 1.165) is 18.4 Å². The predicted molar refractivity (Wildman–Crippen MR) is 97.0 cm³/mol. The summed E-state index contributed by atoms with van der Waals surface area (Å²) in [4.78, 5) is 24.0. The predicted octanol–water partition coefficient (Wildman–Crippen LogP) is 6.06. The molecule has 0 N–H and O–H groups in total. The van der Waals surface area contributed by atoms with Crippen LogP contribution in [0.4, 0.5) is 0 Å². The first-order valence-electron chi connectivity index (χ1n) is 9.25. The van der Waals surface area contributed by atoms with Crippen molar-refractivity contribution >= 4 is 11.6 Å². The summed E-state index contributed by atoms with van der Waals surface area (Å²) in [5, 5.41) is 0. The summed E-state index contributed by atoms with van der Waals surface area (Å²) >= 11 is 0. The van der Waals surface area contributed by atoms with Crippen LogP contribution in [0.25, 0.3) is 0 Å². The van der Waals surface area contributed by atoms with Crippen molar-refractivity contribution in [1.29, 1.82) is 0 Å². The van der Waals surface area contributed by atoms with Crippen LogP contribution < -0.4 is 0 Å². The number of aryl methyl sites for hydroxylation is 1. The highest BCUT2D eigenvalue weighted by Gasteiger charge is 2.13. The third kappa shape index (κ3) is 8.68. The maximum Gasteiger partial charge on any atom is 0.170 e. The number of unbranched alkanes of at least 4 members (excludes halogenated alkanes) is 8. The molecule has 0 saturated carbocycles. The number of Topliss-reactive ketones (excluding diaryl/α,β-unsaturated/α-hetero) is 2. The van der Waals surface area contributed by atoms with Crippen LogP contribution in [0.3, 0.4) is 0 Å². The minimum atomic E-state index is -0.0379. The zero-order chi connectivity index (χ0) is 16.9. The molecule has 1 rings (SSSR count). The van der Waals surface area contributed by atoms with Crippen LogP contribution in [0.15, 0.2) is 24.3 Å². The summed E-state index contributed by atoms with van der Waals surface area (Å²) in [5.41, 5.74) is 1.64. The Morgan fingerprint density at radius 2 is 1.39 bits per heavy atom. The van der Waals surface area contributed by atoms with Crippen molar-refractivity contribution in [3.05, 3.63) is 35.4 Å².